The predicted octanol–water partition coefficient (Wildman–Crippen LogP) is 1.11. The van der Waals surface area contributed by atoms with Crippen LogP contribution < -0.4 is 0 Å². The van der Waals surface area contributed by atoms with Crippen molar-refractivity contribution in [3.8, 4) is 0 Å². The van der Waals surface area contributed by atoms with Crippen molar-refractivity contribution in [2.24, 2.45) is 0 Å². The molecule has 0 aliphatic carbocycles. The number of benzene rings is 1. The molecule has 1 fully saturated rings. The third-order valence-electron chi connectivity index (χ3n) is 3.37. The van der Waals surface area contributed by atoms with E-state index in [0.29, 0.717) is 24.5 Å². The van der Waals surface area contributed by atoms with Gasteiger partial charge in [0.2, 0.25) is 10.0 Å². The van der Waals surface area contributed by atoms with Crippen LogP contribution in [0, 0.1) is 0 Å². The Hall–Kier alpha value is -0.950. The molecular formula is C13H19NO4S. The van der Waals surface area contributed by atoms with Crippen LogP contribution in [0.2, 0.25) is 0 Å². The first kappa shape index (κ1) is 14.5. The van der Waals surface area contributed by atoms with Crippen LogP contribution in [-0.4, -0.2) is 52.2 Å². The van der Waals surface area contributed by atoms with Gasteiger partial charge in [-0.3, -0.25) is 0 Å². The smallest absolute Gasteiger partial charge is 0.243 e. The topological polar surface area (TPSA) is 55.8 Å². The number of hydrogen-bond donors (Lipinski definition) is 0. The molecular weight excluding hydrogens is 266 g/mol. The van der Waals surface area contributed by atoms with E-state index in [1.165, 1.54) is 4.31 Å². The molecule has 19 heavy (non-hydrogen) atoms. The van der Waals surface area contributed by atoms with Crippen molar-refractivity contribution in [3.63, 3.8) is 0 Å². The van der Waals surface area contributed by atoms with Gasteiger partial charge in [-0.05, 0) is 18.6 Å². The Morgan fingerprint density at radius 3 is 2.53 bits per heavy atom. The fourth-order valence-corrected chi connectivity index (χ4v) is 4.06. The second-order valence-electron chi connectivity index (χ2n) is 4.59. The maximum Gasteiger partial charge on any atom is 0.243 e. The molecule has 2 atom stereocenters. The second-order valence-corrected chi connectivity index (χ2v) is 6.48. The van der Waals surface area contributed by atoms with Gasteiger partial charge < -0.3 is 9.47 Å². The molecule has 5 nitrogen and oxygen atoms in total. The molecule has 1 aliphatic rings. The molecule has 1 heterocycles. The molecule has 0 bridgehead atoms. The molecule has 0 N–H and O–H groups in total. The normalized spacial score (nSPS) is 24.7. The molecule has 106 valence electrons. The van der Waals surface area contributed by atoms with E-state index in [9.17, 15) is 8.42 Å². The first-order valence-corrected chi connectivity index (χ1v) is 7.62. The number of hydrogen-bond acceptors (Lipinski definition) is 4. The Balaban J connectivity index is 2.28. The van der Waals surface area contributed by atoms with E-state index in [2.05, 4.69) is 0 Å². The summed E-state index contributed by atoms with van der Waals surface area (Å²) in [5, 5.41) is 0. The molecule has 0 unspecified atom stereocenters. The Morgan fingerprint density at radius 1 is 1.26 bits per heavy atom. The van der Waals surface area contributed by atoms with Gasteiger partial charge in [-0.25, -0.2) is 8.42 Å². The Morgan fingerprint density at radius 2 is 1.95 bits per heavy atom. The van der Waals surface area contributed by atoms with Crippen molar-refractivity contribution >= 4 is 10.0 Å². The molecule has 1 aromatic rings. The van der Waals surface area contributed by atoms with Gasteiger partial charge in [0.1, 0.15) is 0 Å². The molecule has 0 radical (unpaired) electrons. The number of sulfonamides is 1. The fraction of sp³-hybridized carbons (Fsp3) is 0.538. The molecule has 0 aromatic heterocycles. The zero-order chi connectivity index (χ0) is 13.9. The summed E-state index contributed by atoms with van der Waals surface area (Å²) in [4.78, 5) is 0.313. The Kier molecular flexibility index (Phi) is 4.57. The van der Waals surface area contributed by atoms with Crippen LogP contribution in [0.4, 0.5) is 0 Å². The summed E-state index contributed by atoms with van der Waals surface area (Å²) in [5.74, 6) is 0. The largest absolute Gasteiger partial charge is 0.383 e. The van der Waals surface area contributed by atoms with Gasteiger partial charge in [-0.1, -0.05) is 18.2 Å². The van der Waals surface area contributed by atoms with Gasteiger partial charge in [0.25, 0.3) is 0 Å². The summed E-state index contributed by atoms with van der Waals surface area (Å²) < 4.78 is 37.1. The van der Waals surface area contributed by atoms with Crippen molar-refractivity contribution in [2.45, 2.75) is 23.5 Å². The van der Waals surface area contributed by atoms with Crippen LogP contribution in [0.25, 0.3) is 0 Å². The van der Waals surface area contributed by atoms with Crippen LogP contribution in [0.15, 0.2) is 35.2 Å². The molecule has 2 rings (SSSR count). The first-order valence-electron chi connectivity index (χ1n) is 6.18. The van der Waals surface area contributed by atoms with E-state index in [1.54, 1.807) is 44.6 Å². The van der Waals surface area contributed by atoms with Gasteiger partial charge in [0, 0.05) is 20.8 Å². The highest BCUT2D eigenvalue weighted by molar-refractivity contribution is 7.89. The second kappa shape index (κ2) is 6.00. The lowest BCUT2D eigenvalue weighted by Crippen LogP contribution is -2.38. The average molecular weight is 285 g/mol. The Labute approximate surface area is 114 Å². The monoisotopic (exact) mass is 285 g/mol. The van der Waals surface area contributed by atoms with Gasteiger partial charge >= 0.3 is 0 Å². The molecule has 0 spiro atoms. The molecule has 0 amide bonds. The van der Waals surface area contributed by atoms with E-state index in [-0.39, 0.29) is 12.1 Å². The van der Waals surface area contributed by atoms with Crippen LogP contribution >= 0.6 is 0 Å². The molecule has 0 saturated carbocycles. The van der Waals surface area contributed by atoms with E-state index in [1.807, 2.05) is 0 Å². The van der Waals surface area contributed by atoms with E-state index < -0.39 is 10.0 Å². The number of nitrogens with zero attached hydrogens (tertiary/aromatic N) is 1. The highest BCUT2D eigenvalue weighted by Crippen LogP contribution is 2.27. The van der Waals surface area contributed by atoms with Crippen LogP contribution in [0.3, 0.4) is 0 Å². The highest BCUT2D eigenvalue weighted by Gasteiger charge is 2.40. The van der Waals surface area contributed by atoms with Crippen molar-refractivity contribution in [1.82, 2.24) is 4.31 Å². The summed E-state index contributed by atoms with van der Waals surface area (Å²) in [6.07, 6.45) is 0.592. The van der Waals surface area contributed by atoms with Crippen LogP contribution in [0.1, 0.15) is 6.42 Å². The molecule has 6 heteroatoms. The fourth-order valence-electron chi connectivity index (χ4n) is 2.38. The molecule has 1 aromatic carbocycles. The third kappa shape index (κ3) is 2.97. The van der Waals surface area contributed by atoms with Gasteiger partial charge in [-0.15, -0.1) is 0 Å². The molecule has 1 saturated heterocycles. The lowest BCUT2D eigenvalue weighted by atomic mass is 10.2. The lowest BCUT2D eigenvalue weighted by molar-refractivity contribution is 0.110. The van der Waals surface area contributed by atoms with Gasteiger partial charge in [0.05, 0.1) is 23.6 Å². The quantitative estimate of drug-likeness (QED) is 0.813. The predicted molar refractivity (Wildman–Crippen MR) is 71.4 cm³/mol. The van der Waals surface area contributed by atoms with Crippen molar-refractivity contribution < 1.29 is 17.9 Å². The van der Waals surface area contributed by atoms with E-state index >= 15 is 0 Å². The first-order chi connectivity index (χ1) is 9.09. The Bertz CT molecular complexity index is 503. The number of methoxy groups -OCH3 is 2. The zero-order valence-electron chi connectivity index (χ0n) is 11.2. The standard InChI is InChI=1S/C13H19NO4S/c1-17-10-11-8-12(18-2)9-14(11)19(15,16)13-6-4-3-5-7-13/h3-7,11-12H,8-10H2,1-2H3/t11-,12-/m0/s1. The van der Waals surface area contributed by atoms with Gasteiger partial charge in [0.15, 0.2) is 0 Å². The lowest BCUT2D eigenvalue weighted by Gasteiger charge is -2.23. The highest BCUT2D eigenvalue weighted by atomic mass is 32.2. The van der Waals surface area contributed by atoms with Crippen molar-refractivity contribution in [2.75, 3.05) is 27.4 Å². The van der Waals surface area contributed by atoms with E-state index in [0.717, 1.165) is 0 Å². The SMILES string of the molecule is COC[C@@H]1C[C@H](OC)CN1S(=O)(=O)c1ccccc1. The van der Waals surface area contributed by atoms with Crippen molar-refractivity contribution in [3.05, 3.63) is 30.3 Å². The third-order valence-corrected chi connectivity index (χ3v) is 5.30. The maximum absolute atomic E-state index is 12.6. The van der Waals surface area contributed by atoms with Crippen molar-refractivity contribution in [1.29, 1.82) is 0 Å². The van der Waals surface area contributed by atoms with Crippen LogP contribution in [0.5, 0.6) is 0 Å². The van der Waals surface area contributed by atoms with E-state index in [4.69, 9.17) is 9.47 Å². The summed E-state index contributed by atoms with van der Waals surface area (Å²) >= 11 is 0. The van der Waals surface area contributed by atoms with Gasteiger partial charge in [-0.2, -0.15) is 4.31 Å². The molecule has 1 aliphatic heterocycles. The minimum absolute atomic E-state index is 0.0707. The average Bonchev–Trinajstić information content (AvgIpc) is 2.84. The zero-order valence-corrected chi connectivity index (χ0v) is 12.0. The summed E-state index contributed by atoms with van der Waals surface area (Å²) in [5.41, 5.74) is 0. The minimum Gasteiger partial charge on any atom is -0.383 e. The van der Waals surface area contributed by atoms with Crippen LogP contribution in [-0.2, 0) is 19.5 Å². The summed E-state index contributed by atoms with van der Waals surface area (Å²) in [6, 6.07) is 8.30. The number of rotatable bonds is 5. The number of ether oxygens (including phenoxy) is 2. The minimum atomic E-state index is -3.48. The summed E-state index contributed by atoms with van der Waals surface area (Å²) in [7, 11) is -0.299. The maximum atomic E-state index is 12.6. The summed E-state index contributed by atoms with van der Waals surface area (Å²) in [6.45, 7) is 0.758.